The molecule has 29 heavy (non-hydrogen) atoms. The zero-order valence-electron chi connectivity index (χ0n) is 15.8. The summed E-state index contributed by atoms with van der Waals surface area (Å²) in [6.07, 6.45) is 0.285. The predicted molar refractivity (Wildman–Crippen MR) is 99.5 cm³/mol. The molecule has 2 aromatic rings. The molecule has 2 aliphatic rings. The Bertz CT molecular complexity index is 1060. The van der Waals surface area contributed by atoms with Gasteiger partial charge in [-0.15, -0.1) is 0 Å². The summed E-state index contributed by atoms with van der Waals surface area (Å²) in [5, 5.41) is 2.22. The Hall–Kier alpha value is -3.36. The number of amides is 3. The van der Waals surface area contributed by atoms with Crippen LogP contribution in [0.2, 0.25) is 0 Å². The first-order valence-electron chi connectivity index (χ1n) is 9.12. The van der Waals surface area contributed by atoms with Crippen LogP contribution in [-0.4, -0.2) is 33.6 Å². The van der Waals surface area contributed by atoms with Crippen LogP contribution in [0.25, 0.3) is 11.3 Å². The maximum atomic E-state index is 15.4. The van der Waals surface area contributed by atoms with Crippen molar-refractivity contribution in [3.8, 4) is 11.3 Å². The van der Waals surface area contributed by atoms with Crippen molar-refractivity contribution >= 4 is 23.5 Å². The molecule has 150 valence electrons. The third-order valence-electron chi connectivity index (χ3n) is 5.47. The average Bonchev–Trinajstić information content (AvgIpc) is 2.91. The van der Waals surface area contributed by atoms with Crippen LogP contribution in [0, 0.1) is 18.6 Å². The van der Waals surface area contributed by atoms with Crippen molar-refractivity contribution in [2.45, 2.75) is 38.8 Å². The predicted octanol–water partition coefficient (Wildman–Crippen LogP) is 2.24. The molecule has 7 nitrogen and oxygen atoms in total. The summed E-state index contributed by atoms with van der Waals surface area (Å²) in [7, 11) is 0. The number of pyridine rings is 1. The van der Waals surface area contributed by atoms with E-state index in [2.05, 4.69) is 10.3 Å². The van der Waals surface area contributed by atoms with Crippen LogP contribution in [0.1, 0.15) is 47.3 Å². The molecule has 1 saturated heterocycles. The summed E-state index contributed by atoms with van der Waals surface area (Å²) in [6, 6.07) is 2.67. The molecular formula is C20H18F2N4O3. The van der Waals surface area contributed by atoms with E-state index >= 15 is 4.39 Å². The first kappa shape index (κ1) is 19.0. The van der Waals surface area contributed by atoms with Crippen molar-refractivity contribution in [1.82, 2.24) is 15.2 Å². The third kappa shape index (κ3) is 2.84. The molecule has 9 heteroatoms. The van der Waals surface area contributed by atoms with Gasteiger partial charge in [0.25, 0.3) is 5.91 Å². The second-order valence-electron chi connectivity index (χ2n) is 7.27. The maximum absolute atomic E-state index is 15.4. The number of aromatic nitrogens is 1. The fourth-order valence-electron chi connectivity index (χ4n) is 4.02. The number of rotatable bonds is 2. The van der Waals surface area contributed by atoms with Crippen LogP contribution < -0.4 is 11.1 Å². The molecule has 0 bridgehead atoms. The van der Waals surface area contributed by atoms with Crippen LogP contribution in [0.15, 0.2) is 18.2 Å². The highest BCUT2D eigenvalue weighted by Gasteiger charge is 2.44. The van der Waals surface area contributed by atoms with Gasteiger partial charge in [-0.2, -0.15) is 0 Å². The van der Waals surface area contributed by atoms with E-state index < -0.39 is 41.4 Å². The number of imide groups is 1. The number of nitrogens with zero attached hydrogens (tertiary/aromatic N) is 2. The van der Waals surface area contributed by atoms with Crippen LogP contribution in [0.4, 0.5) is 14.6 Å². The number of benzene rings is 1. The molecule has 0 saturated carbocycles. The Balaban J connectivity index is 1.77. The molecule has 4 rings (SSSR count). The van der Waals surface area contributed by atoms with Gasteiger partial charge in [0.05, 0.1) is 11.7 Å². The lowest BCUT2D eigenvalue weighted by Crippen LogP contribution is -2.53. The van der Waals surface area contributed by atoms with Gasteiger partial charge in [-0.25, -0.2) is 13.8 Å². The number of halogens is 2. The van der Waals surface area contributed by atoms with Gasteiger partial charge in [-0.05, 0) is 44.0 Å². The Morgan fingerprint density at radius 3 is 2.52 bits per heavy atom. The molecule has 2 atom stereocenters. The molecule has 2 aliphatic heterocycles. The maximum Gasteiger partial charge on any atom is 0.255 e. The average molecular weight is 400 g/mol. The summed E-state index contributed by atoms with van der Waals surface area (Å²) < 4.78 is 29.2. The monoisotopic (exact) mass is 400 g/mol. The SMILES string of the molecule is Cc1cc(-c2ccc3c(c2F)[C@H](C)N(C2CCC(=O)NC2=O)C3=O)nc(N)c1F. The summed E-state index contributed by atoms with van der Waals surface area (Å²) in [5.74, 6) is -3.12. The second-order valence-corrected chi connectivity index (χ2v) is 7.27. The smallest absolute Gasteiger partial charge is 0.255 e. The molecule has 0 radical (unpaired) electrons. The zero-order chi connectivity index (χ0) is 21.0. The topological polar surface area (TPSA) is 105 Å². The number of hydrogen-bond acceptors (Lipinski definition) is 5. The molecule has 0 aliphatic carbocycles. The van der Waals surface area contributed by atoms with E-state index in [0.717, 1.165) is 0 Å². The Kier molecular flexibility index (Phi) is 4.33. The van der Waals surface area contributed by atoms with E-state index in [9.17, 15) is 18.8 Å². The molecular weight excluding hydrogens is 382 g/mol. The van der Waals surface area contributed by atoms with Gasteiger partial charge in [0, 0.05) is 23.1 Å². The number of nitrogens with two attached hydrogens (primary N) is 1. The highest BCUT2D eigenvalue weighted by molar-refractivity contribution is 6.06. The van der Waals surface area contributed by atoms with Gasteiger partial charge < -0.3 is 10.6 Å². The van der Waals surface area contributed by atoms with Crippen molar-refractivity contribution in [2.75, 3.05) is 5.73 Å². The Morgan fingerprint density at radius 1 is 1.17 bits per heavy atom. The molecule has 3 heterocycles. The summed E-state index contributed by atoms with van der Waals surface area (Å²) in [6.45, 7) is 3.12. The standard InChI is InChI=1S/C20H18F2N4O3/c1-8-7-12(24-18(23)16(8)21)10-3-4-11-15(17(10)22)9(2)26(20(11)29)13-5-6-14(27)25-19(13)28/h3-4,7,9,13H,5-6H2,1-2H3,(H2,23,24)(H,25,27,28)/t9-,13?/m0/s1. The fraction of sp³-hybridized carbons (Fsp3) is 0.300. The third-order valence-corrected chi connectivity index (χ3v) is 5.47. The number of anilines is 1. The Morgan fingerprint density at radius 2 is 1.86 bits per heavy atom. The molecule has 0 spiro atoms. The zero-order valence-corrected chi connectivity index (χ0v) is 15.8. The molecule has 3 N–H and O–H groups in total. The molecule has 1 aromatic carbocycles. The van der Waals surface area contributed by atoms with E-state index in [1.807, 2.05) is 0 Å². The van der Waals surface area contributed by atoms with Crippen molar-refractivity contribution < 1.29 is 23.2 Å². The minimum Gasteiger partial charge on any atom is -0.381 e. The molecule has 1 unspecified atom stereocenters. The van der Waals surface area contributed by atoms with Crippen LogP contribution in [0.5, 0.6) is 0 Å². The number of nitrogen functional groups attached to an aromatic ring is 1. The van der Waals surface area contributed by atoms with E-state index in [1.165, 1.54) is 30.0 Å². The van der Waals surface area contributed by atoms with Gasteiger partial charge >= 0.3 is 0 Å². The van der Waals surface area contributed by atoms with Crippen LogP contribution in [-0.2, 0) is 9.59 Å². The number of piperidine rings is 1. The lowest BCUT2D eigenvalue weighted by Gasteiger charge is -2.32. The van der Waals surface area contributed by atoms with Gasteiger partial charge in [-0.1, -0.05) is 0 Å². The van der Waals surface area contributed by atoms with Gasteiger partial charge in [0.1, 0.15) is 11.9 Å². The van der Waals surface area contributed by atoms with Crippen molar-refractivity contribution in [1.29, 1.82) is 0 Å². The van der Waals surface area contributed by atoms with Crippen LogP contribution in [0.3, 0.4) is 0 Å². The largest absolute Gasteiger partial charge is 0.381 e. The first-order valence-corrected chi connectivity index (χ1v) is 9.12. The van der Waals surface area contributed by atoms with Crippen LogP contribution >= 0.6 is 0 Å². The van der Waals surface area contributed by atoms with Crippen molar-refractivity contribution in [3.05, 3.63) is 46.5 Å². The minimum absolute atomic E-state index is 0.0864. The number of fused-ring (bicyclic) bond motifs is 1. The van der Waals surface area contributed by atoms with Gasteiger partial charge in [0.2, 0.25) is 11.8 Å². The van der Waals surface area contributed by atoms with E-state index in [-0.39, 0.29) is 46.6 Å². The Labute approximate surface area is 164 Å². The number of carbonyl (C=O) groups excluding carboxylic acids is 3. The lowest BCUT2D eigenvalue weighted by molar-refractivity contribution is -0.137. The van der Waals surface area contributed by atoms with Gasteiger partial charge in [-0.3, -0.25) is 19.7 Å². The first-order chi connectivity index (χ1) is 13.7. The highest BCUT2D eigenvalue weighted by atomic mass is 19.1. The number of hydrogen-bond donors (Lipinski definition) is 2. The van der Waals surface area contributed by atoms with E-state index in [0.29, 0.717) is 0 Å². The second kappa shape index (κ2) is 6.61. The molecule has 1 fully saturated rings. The quantitative estimate of drug-likeness (QED) is 0.752. The summed E-state index contributed by atoms with van der Waals surface area (Å²) in [4.78, 5) is 41.8. The number of carbonyl (C=O) groups is 3. The van der Waals surface area contributed by atoms with E-state index in [4.69, 9.17) is 5.73 Å². The molecule has 3 amide bonds. The summed E-state index contributed by atoms with van der Waals surface area (Å²) in [5.41, 5.74) is 6.32. The minimum atomic E-state index is -0.854. The molecule has 1 aromatic heterocycles. The fourth-order valence-corrected chi connectivity index (χ4v) is 4.02. The van der Waals surface area contributed by atoms with E-state index in [1.54, 1.807) is 6.92 Å². The van der Waals surface area contributed by atoms with Gasteiger partial charge in [0.15, 0.2) is 11.6 Å². The normalized spacial score (nSPS) is 21.4. The summed E-state index contributed by atoms with van der Waals surface area (Å²) >= 11 is 0. The van der Waals surface area contributed by atoms with Crippen molar-refractivity contribution in [2.24, 2.45) is 0 Å². The lowest BCUT2D eigenvalue weighted by atomic mass is 9.98. The van der Waals surface area contributed by atoms with Crippen molar-refractivity contribution in [3.63, 3.8) is 0 Å². The number of nitrogens with one attached hydrogen (secondary N) is 1. The number of aryl methyl sites for hydroxylation is 1. The highest BCUT2D eigenvalue weighted by Crippen LogP contribution is 2.41.